The van der Waals surface area contributed by atoms with Gasteiger partial charge in [0.1, 0.15) is 5.58 Å². The third-order valence-electron chi connectivity index (χ3n) is 4.35. The van der Waals surface area contributed by atoms with Gasteiger partial charge in [0.15, 0.2) is 0 Å². The lowest BCUT2D eigenvalue weighted by Crippen LogP contribution is -2.52. The standard InChI is InChI=1S/C16H22N2O.ClH/c1-16(2)11-18(8-7-15(16)17)9-12-10-19-14-6-4-3-5-13(12)14;/h3-6,10,15H,7-9,11,17H2,1-2H3;1H. The van der Waals surface area contributed by atoms with Crippen molar-refractivity contribution in [3.63, 3.8) is 0 Å². The summed E-state index contributed by atoms with van der Waals surface area (Å²) in [6, 6.07) is 8.55. The molecule has 3 rings (SSSR count). The van der Waals surface area contributed by atoms with Crippen LogP contribution in [0.1, 0.15) is 25.8 Å². The highest BCUT2D eigenvalue weighted by Gasteiger charge is 2.33. The number of rotatable bonds is 2. The Morgan fingerprint density at radius 1 is 1.35 bits per heavy atom. The van der Waals surface area contributed by atoms with Crippen molar-refractivity contribution in [2.24, 2.45) is 11.1 Å². The Labute approximate surface area is 126 Å². The lowest BCUT2D eigenvalue weighted by molar-refractivity contribution is 0.0900. The minimum absolute atomic E-state index is 0. The van der Waals surface area contributed by atoms with Gasteiger partial charge in [-0.2, -0.15) is 0 Å². The van der Waals surface area contributed by atoms with Gasteiger partial charge in [-0.3, -0.25) is 4.90 Å². The number of hydrogen-bond acceptors (Lipinski definition) is 3. The molecule has 0 aliphatic carbocycles. The summed E-state index contributed by atoms with van der Waals surface area (Å²) in [5.74, 6) is 0. The van der Waals surface area contributed by atoms with E-state index in [1.165, 1.54) is 10.9 Å². The quantitative estimate of drug-likeness (QED) is 0.923. The number of halogens is 1. The highest BCUT2D eigenvalue weighted by atomic mass is 35.5. The van der Waals surface area contributed by atoms with Crippen LogP contribution in [-0.4, -0.2) is 24.0 Å². The van der Waals surface area contributed by atoms with Crippen LogP contribution in [0.2, 0.25) is 0 Å². The Morgan fingerprint density at radius 3 is 2.85 bits per heavy atom. The van der Waals surface area contributed by atoms with Gasteiger partial charge < -0.3 is 10.2 Å². The van der Waals surface area contributed by atoms with Gasteiger partial charge in [-0.1, -0.05) is 32.0 Å². The first kappa shape index (κ1) is 15.4. The normalized spacial score (nSPS) is 22.6. The van der Waals surface area contributed by atoms with Gasteiger partial charge in [-0.25, -0.2) is 0 Å². The van der Waals surface area contributed by atoms with Crippen molar-refractivity contribution in [1.82, 2.24) is 4.90 Å². The fourth-order valence-corrected chi connectivity index (χ4v) is 3.02. The number of likely N-dealkylation sites (tertiary alicyclic amines) is 1. The molecule has 3 nitrogen and oxygen atoms in total. The summed E-state index contributed by atoms with van der Waals surface area (Å²) in [5, 5.41) is 1.23. The van der Waals surface area contributed by atoms with E-state index < -0.39 is 0 Å². The van der Waals surface area contributed by atoms with Crippen molar-refractivity contribution in [3.05, 3.63) is 36.1 Å². The molecule has 1 aromatic heterocycles. The van der Waals surface area contributed by atoms with E-state index in [0.717, 1.165) is 31.6 Å². The molecule has 110 valence electrons. The van der Waals surface area contributed by atoms with Gasteiger partial charge in [0.05, 0.1) is 6.26 Å². The van der Waals surface area contributed by atoms with Crippen LogP contribution in [0.15, 0.2) is 34.9 Å². The summed E-state index contributed by atoms with van der Waals surface area (Å²) in [7, 11) is 0. The molecule has 1 aromatic carbocycles. The summed E-state index contributed by atoms with van der Waals surface area (Å²) in [5.41, 5.74) is 8.64. The van der Waals surface area contributed by atoms with E-state index in [1.54, 1.807) is 0 Å². The van der Waals surface area contributed by atoms with Gasteiger partial charge in [0, 0.05) is 36.6 Å². The van der Waals surface area contributed by atoms with E-state index >= 15 is 0 Å². The number of fused-ring (bicyclic) bond motifs is 1. The van der Waals surface area contributed by atoms with Crippen molar-refractivity contribution in [1.29, 1.82) is 0 Å². The van der Waals surface area contributed by atoms with E-state index in [4.69, 9.17) is 10.2 Å². The minimum Gasteiger partial charge on any atom is -0.464 e. The molecule has 20 heavy (non-hydrogen) atoms. The van der Waals surface area contributed by atoms with Crippen molar-refractivity contribution < 1.29 is 4.42 Å². The Hall–Kier alpha value is -1.03. The molecule has 0 radical (unpaired) electrons. The van der Waals surface area contributed by atoms with Crippen LogP contribution in [0.5, 0.6) is 0 Å². The molecule has 1 atom stereocenters. The molecule has 2 N–H and O–H groups in total. The van der Waals surface area contributed by atoms with Gasteiger partial charge in [-0.05, 0) is 17.9 Å². The number of para-hydroxylation sites is 1. The average molecular weight is 295 g/mol. The van der Waals surface area contributed by atoms with E-state index in [9.17, 15) is 0 Å². The largest absolute Gasteiger partial charge is 0.464 e. The molecular formula is C16H23ClN2O. The molecule has 1 fully saturated rings. The summed E-state index contributed by atoms with van der Waals surface area (Å²) < 4.78 is 5.61. The maximum Gasteiger partial charge on any atom is 0.134 e. The molecule has 0 spiro atoms. The number of benzene rings is 1. The zero-order chi connectivity index (χ0) is 13.5. The number of nitrogens with two attached hydrogens (primary N) is 1. The predicted molar refractivity (Wildman–Crippen MR) is 85.1 cm³/mol. The van der Waals surface area contributed by atoms with Crippen LogP contribution in [0.4, 0.5) is 0 Å². The molecule has 1 saturated heterocycles. The average Bonchev–Trinajstić information content (AvgIpc) is 2.77. The molecular weight excluding hydrogens is 272 g/mol. The minimum atomic E-state index is 0. The van der Waals surface area contributed by atoms with Crippen LogP contribution in [-0.2, 0) is 6.54 Å². The van der Waals surface area contributed by atoms with Crippen LogP contribution in [0.3, 0.4) is 0 Å². The van der Waals surface area contributed by atoms with E-state index in [1.807, 2.05) is 18.4 Å². The van der Waals surface area contributed by atoms with E-state index in [0.29, 0.717) is 6.04 Å². The molecule has 1 unspecified atom stereocenters. The highest BCUT2D eigenvalue weighted by Crippen LogP contribution is 2.30. The Bertz CT molecular complexity index is 579. The molecule has 2 aromatic rings. The van der Waals surface area contributed by atoms with E-state index in [2.05, 4.69) is 30.9 Å². The Morgan fingerprint density at radius 2 is 2.10 bits per heavy atom. The second-order valence-corrected chi connectivity index (χ2v) is 6.35. The van der Waals surface area contributed by atoms with Crippen molar-refractivity contribution in [3.8, 4) is 0 Å². The third-order valence-corrected chi connectivity index (χ3v) is 4.35. The smallest absolute Gasteiger partial charge is 0.134 e. The van der Waals surface area contributed by atoms with Crippen molar-refractivity contribution in [2.75, 3.05) is 13.1 Å². The number of hydrogen-bond donors (Lipinski definition) is 1. The van der Waals surface area contributed by atoms with Gasteiger partial charge in [0.2, 0.25) is 0 Å². The zero-order valence-electron chi connectivity index (χ0n) is 12.1. The first-order valence-corrected chi connectivity index (χ1v) is 6.99. The molecule has 4 heteroatoms. The lowest BCUT2D eigenvalue weighted by Gasteiger charge is -2.42. The molecule has 0 amide bonds. The maximum absolute atomic E-state index is 6.19. The number of furan rings is 1. The number of piperidine rings is 1. The first-order chi connectivity index (χ1) is 9.06. The summed E-state index contributed by atoms with van der Waals surface area (Å²) in [4.78, 5) is 2.49. The first-order valence-electron chi connectivity index (χ1n) is 6.99. The second-order valence-electron chi connectivity index (χ2n) is 6.35. The summed E-state index contributed by atoms with van der Waals surface area (Å²) >= 11 is 0. The SMILES string of the molecule is CC1(C)CN(Cc2coc3ccccc23)CCC1N.Cl. The zero-order valence-corrected chi connectivity index (χ0v) is 13.0. The monoisotopic (exact) mass is 294 g/mol. The van der Waals surface area contributed by atoms with Crippen LogP contribution in [0.25, 0.3) is 11.0 Å². The highest BCUT2D eigenvalue weighted by molar-refractivity contribution is 5.85. The van der Waals surface area contributed by atoms with E-state index in [-0.39, 0.29) is 17.8 Å². The molecule has 1 aliphatic rings. The van der Waals surface area contributed by atoms with Gasteiger partial charge in [0.25, 0.3) is 0 Å². The molecule has 0 bridgehead atoms. The number of nitrogens with zero attached hydrogens (tertiary/aromatic N) is 1. The van der Waals surface area contributed by atoms with Crippen LogP contribution in [0, 0.1) is 5.41 Å². The van der Waals surface area contributed by atoms with Crippen molar-refractivity contribution in [2.45, 2.75) is 32.9 Å². The van der Waals surface area contributed by atoms with Crippen LogP contribution >= 0.6 is 12.4 Å². The fourth-order valence-electron chi connectivity index (χ4n) is 3.02. The van der Waals surface area contributed by atoms with Gasteiger partial charge >= 0.3 is 0 Å². The topological polar surface area (TPSA) is 42.4 Å². The second kappa shape index (κ2) is 5.76. The summed E-state index contributed by atoms with van der Waals surface area (Å²) in [6.45, 7) is 7.60. The molecule has 0 saturated carbocycles. The third kappa shape index (κ3) is 2.85. The summed E-state index contributed by atoms with van der Waals surface area (Å²) in [6.07, 6.45) is 2.97. The Kier molecular flexibility index (Phi) is 4.43. The van der Waals surface area contributed by atoms with Gasteiger partial charge in [-0.15, -0.1) is 12.4 Å². The predicted octanol–water partition coefficient (Wildman–Crippen LogP) is 3.41. The molecule has 2 heterocycles. The van der Waals surface area contributed by atoms with Crippen LogP contribution < -0.4 is 5.73 Å². The fraction of sp³-hybridized carbons (Fsp3) is 0.500. The molecule has 1 aliphatic heterocycles. The Balaban J connectivity index is 0.00000147. The maximum atomic E-state index is 6.19. The van der Waals surface area contributed by atoms with Crippen molar-refractivity contribution >= 4 is 23.4 Å². The lowest BCUT2D eigenvalue weighted by atomic mass is 9.79.